The first kappa shape index (κ1) is 9.76. The molecule has 0 unspecified atom stereocenters. The summed E-state index contributed by atoms with van der Waals surface area (Å²) in [6.07, 6.45) is 0.648. The van der Waals surface area contributed by atoms with E-state index in [0.717, 1.165) is 6.07 Å². The van der Waals surface area contributed by atoms with Crippen LogP contribution in [0.3, 0.4) is 0 Å². The largest absolute Gasteiger partial charge is 0.490 e. The van der Waals surface area contributed by atoms with Gasteiger partial charge in [0.2, 0.25) is 0 Å². The summed E-state index contributed by atoms with van der Waals surface area (Å²) in [7, 11) is 0. The zero-order valence-electron chi connectivity index (χ0n) is 7.83. The van der Waals surface area contributed by atoms with Crippen molar-refractivity contribution in [3.63, 3.8) is 0 Å². The lowest BCUT2D eigenvalue weighted by Gasteiger charge is -2.10. The van der Waals surface area contributed by atoms with Gasteiger partial charge in [-0.3, -0.25) is 0 Å². The quantitative estimate of drug-likeness (QED) is 0.769. The number of aromatic carboxylic acids is 1. The fourth-order valence-electron chi connectivity index (χ4n) is 1.41. The lowest BCUT2D eigenvalue weighted by atomic mass is 10.1. The summed E-state index contributed by atoms with van der Waals surface area (Å²) in [6.45, 7) is 0.772. The van der Waals surface area contributed by atoms with Crippen molar-refractivity contribution in [3.05, 3.63) is 23.5 Å². The van der Waals surface area contributed by atoms with Crippen LogP contribution in [0.25, 0.3) is 0 Å². The minimum absolute atomic E-state index is 0.0139. The Bertz CT molecular complexity index is 403. The fourth-order valence-corrected chi connectivity index (χ4v) is 1.41. The van der Waals surface area contributed by atoms with E-state index in [9.17, 15) is 9.18 Å². The van der Waals surface area contributed by atoms with E-state index in [0.29, 0.717) is 19.6 Å². The monoisotopic (exact) mass is 212 g/mol. The second kappa shape index (κ2) is 3.76. The zero-order valence-corrected chi connectivity index (χ0v) is 7.83. The van der Waals surface area contributed by atoms with Crippen LogP contribution in [-0.2, 0) is 0 Å². The molecule has 1 heterocycles. The van der Waals surface area contributed by atoms with E-state index in [2.05, 4.69) is 0 Å². The lowest BCUT2D eigenvalue weighted by Crippen LogP contribution is -2.06. The van der Waals surface area contributed by atoms with Gasteiger partial charge >= 0.3 is 5.97 Å². The average molecular weight is 212 g/mol. The average Bonchev–Trinajstić information content (AvgIpc) is 2.41. The van der Waals surface area contributed by atoms with E-state index < -0.39 is 17.3 Å². The number of carboxylic acid groups (broad SMARTS) is 1. The Morgan fingerprint density at radius 1 is 1.33 bits per heavy atom. The maximum atomic E-state index is 13.2. The minimum Gasteiger partial charge on any atom is -0.490 e. The van der Waals surface area contributed by atoms with Crippen LogP contribution >= 0.6 is 0 Å². The highest BCUT2D eigenvalue weighted by Crippen LogP contribution is 2.34. The van der Waals surface area contributed by atoms with Crippen LogP contribution in [-0.4, -0.2) is 24.3 Å². The van der Waals surface area contributed by atoms with Gasteiger partial charge in [0, 0.05) is 6.42 Å². The molecule has 0 aromatic heterocycles. The van der Waals surface area contributed by atoms with Crippen LogP contribution in [0, 0.1) is 5.82 Å². The lowest BCUT2D eigenvalue weighted by molar-refractivity contribution is 0.0686. The summed E-state index contributed by atoms with van der Waals surface area (Å²) in [5, 5.41) is 8.84. The number of halogens is 1. The van der Waals surface area contributed by atoms with Gasteiger partial charge in [-0.25, -0.2) is 9.18 Å². The number of carbonyl (C=O) groups is 1. The molecule has 0 saturated carbocycles. The molecule has 15 heavy (non-hydrogen) atoms. The van der Waals surface area contributed by atoms with Gasteiger partial charge in [0.25, 0.3) is 0 Å². The molecule has 4 nitrogen and oxygen atoms in total. The van der Waals surface area contributed by atoms with Crippen molar-refractivity contribution in [2.75, 3.05) is 13.2 Å². The van der Waals surface area contributed by atoms with Gasteiger partial charge in [0.15, 0.2) is 11.5 Å². The second-order valence-corrected chi connectivity index (χ2v) is 3.11. The smallest absolute Gasteiger partial charge is 0.342 e. The summed E-state index contributed by atoms with van der Waals surface area (Å²) in [5.41, 5.74) is -0.464. The third kappa shape index (κ3) is 1.72. The molecule has 2 rings (SSSR count). The second-order valence-electron chi connectivity index (χ2n) is 3.11. The Labute approximate surface area is 85.2 Å². The SMILES string of the molecule is O=C(O)c1c(F)ccc2c1OCCCO2. The van der Waals surface area contributed by atoms with Crippen LogP contribution in [0.2, 0.25) is 0 Å². The van der Waals surface area contributed by atoms with E-state index in [4.69, 9.17) is 14.6 Å². The van der Waals surface area contributed by atoms with E-state index >= 15 is 0 Å². The molecule has 1 N–H and O–H groups in total. The Morgan fingerprint density at radius 2 is 2.07 bits per heavy atom. The Hall–Kier alpha value is -1.78. The van der Waals surface area contributed by atoms with Crippen molar-refractivity contribution in [3.8, 4) is 11.5 Å². The van der Waals surface area contributed by atoms with Gasteiger partial charge in [-0.05, 0) is 12.1 Å². The Balaban J connectivity index is 2.56. The molecule has 0 fully saturated rings. The van der Waals surface area contributed by atoms with Crippen molar-refractivity contribution in [1.82, 2.24) is 0 Å². The molecule has 0 bridgehead atoms. The summed E-state index contributed by atoms with van der Waals surface area (Å²) in [6, 6.07) is 2.44. The third-order valence-corrected chi connectivity index (χ3v) is 2.08. The molecule has 1 aliphatic heterocycles. The fraction of sp³-hybridized carbons (Fsp3) is 0.300. The molecular formula is C10H9FO4. The summed E-state index contributed by atoms with van der Waals surface area (Å²) in [4.78, 5) is 10.8. The first-order valence-corrected chi connectivity index (χ1v) is 4.51. The van der Waals surface area contributed by atoms with Gasteiger partial charge in [0.05, 0.1) is 13.2 Å². The first-order chi connectivity index (χ1) is 7.20. The number of ether oxygens (including phenoxy) is 2. The number of fused-ring (bicyclic) bond motifs is 1. The molecule has 0 spiro atoms. The van der Waals surface area contributed by atoms with Crippen molar-refractivity contribution in [1.29, 1.82) is 0 Å². The Morgan fingerprint density at radius 3 is 2.80 bits per heavy atom. The summed E-state index contributed by atoms with van der Waals surface area (Å²) >= 11 is 0. The van der Waals surface area contributed by atoms with E-state index in [1.54, 1.807) is 0 Å². The first-order valence-electron chi connectivity index (χ1n) is 4.51. The van der Waals surface area contributed by atoms with Gasteiger partial charge in [-0.1, -0.05) is 0 Å². The minimum atomic E-state index is -1.35. The molecule has 5 heteroatoms. The van der Waals surface area contributed by atoms with Gasteiger partial charge in [0.1, 0.15) is 11.4 Å². The standard InChI is InChI=1S/C10H9FO4/c11-6-2-3-7-9(8(6)10(12)13)15-5-1-4-14-7/h2-3H,1,4-5H2,(H,12,13). The van der Waals surface area contributed by atoms with Crippen LogP contribution in [0.15, 0.2) is 12.1 Å². The predicted octanol–water partition coefficient (Wildman–Crippen LogP) is 1.69. The van der Waals surface area contributed by atoms with E-state index in [1.165, 1.54) is 6.07 Å². The highest BCUT2D eigenvalue weighted by molar-refractivity contribution is 5.92. The van der Waals surface area contributed by atoms with Gasteiger partial charge in [-0.2, -0.15) is 0 Å². The van der Waals surface area contributed by atoms with Crippen molar-refractivity contribution >= 4 is 5.97 Å². The highest BCUT2D eigenvalue weighted by atomic mass is 19.1. The van der Waals surface area contributed by atoms with Crippen LogP contribution in [0.4, 0.5) is 4.39 Å². The van der Waals surface area contributed by atoms with Crippen LogP contribution in [0.1, 0.15) is 16.8 Å². The van der Waals surface area contributed by atoms with E-state index in [-0.39, 0.29) is 11.5 Å². The molecule has 1 aliphatic rings. The van der Waals surface area contributed by atoms with Gasteiger partial charge in [-0.15, -0.1) is 0 Å². The molecule has 0 saturated heterocycles. The highest BCUT2D eigenvalue weighted by Gasteiger charge is 2.23. The van der Waals surface area contributed by atoms with Crippen LogP contribution in [0.5, 0.6) is 11.5 Å². The molecule has 0 amide bonds. The Kier molecular flexibility index (Phi) is 2.45. The topological polar surface area (TPSA) is 55.8 Å². The number of hydrogen-bond acceptors (Lipinski definition) is 3. The molecule has 0 atom stereocenters. The molecule has 80 valence electrons. The van der Waals surface area contributed by atoms with E-state index in [1.807, 2.05) is 0 Å². The summed E-state index contributed by atoms with van der Waals surface area (Å²) in [5.74, 6) is -1.90. The maximum absolute atomic E-state index is 13.2. The van der Waals surface area contributed by atoms with Crippen LogP contribution < -0.4 is 9.47 Å². The third-order valence-electron chi connectivity index (χ3n) is 2.08. The molecule has 0 aliphatic carbocycles. The number of carboxylic acids is 1. The maximum Gasteiger partial charge on any atom is 0.342 e. The van der Waals surface area contributed by atoms with Crippen molar-refractivity contribution in [2.45, 2.75) is 6.42 Å². The molecule has 1 aromatic rings. The van der Waals surface area contributed by atoms with Crippen molar-refractivity contribution in [2.24, 2.45) is 0 Å². The number of rotatable bonds is 1. The predicted molar refractivity (Wildman–Crippen MR) is 49.0 cm³/mol. The van der Waals surface area contributed by atoms with Crippen molar-refractivity contribution < 1.29 is 23.8 Å². The summed E-state index contributed by atoms with van der Waals surface area (Å²) < 4.78 is 23.7. The molecular weight excluding hydrogens is 203 g/mol. The molecule has 0 radical (unpaired) electrons. The van der Waals surface area contributed by atoms with Gasteiger partial charge < -0.3 is 14.6 Å². The number of benzene rings is 1. The zero-order chi connectivity index (χ0) is 10.8. The number of hydrogen-bond donors (Lipinski definition) is 1. The normalized spacial score (nSPS) is 14.5. The molecule has 1 aromatic carbocycles.